The van der Waals surface area contributed by atoms with Crippen molar-refractivity contribution in [2.75, 3.05) is 30.8 Å². The highest BCUT2D eigenvalue weighted by Gasteiger charge is 2.10. The van der Waals surface area contributed by atoms with Gasteiger partial charge in [0.15, 0.2) is 0 Å². The van der Waals surface area contributed by atoms with E-state index in [9.17, 15) is 14.4 Å². The maximum Gasteiger partial charge on any atom is 0.248 e. The Hall–Kier alpha value is -2.61. The van der Waals surface area contributed by atoms with Gasteiger partial charge in [-0.1, -0.05) is 23.2 Å². The van der Waals surface area contributed by atoms with E-state index < -0.39 is 5.91 Å². The molecule has 2 rings (SSSR count). The third-order valence-corrected chi connectivity index (χ3v) is 4.53. The van der Waals surface area contributed by atoms with Crippen LogP contribution in [0.5, 0.6) is 0 Å². The lowest BCUT2D eigenvalue weighted by Crippen LogP contribution is -2.32. The van der Waals surface area contributed by atoms with E-state index in [4.69, 9.17) is 28.9 Å². The summed E-state index contributed by atoms with van der Waals surface area (Å²) in [6, 6.07) is 11.1. The molecule has 28 heavy (non-hydrogen) atoms. The Kier molecular flexibility index (Phi) is 7.80. The fourth-order valence-electron chi connectivity index (χ4n) is 2.33. The number of benzene rings is 2. The second kappa shape index (κ2) is 10.1. The van der Waals surface area contributed by atoms with Gasteiger partial charge in [0.2, 0.25) is 17.7 Å². The summed E-state index contributed by atoms with van der Waals surface area (Å²) < 4.78 is 0. The minimum atomic E-state index is -0.529. The minimum absolute atomic E-state index is 0.112. The zero-order valence-corrected chi connectivity index (χ0v) is 16.7. The molecule has 0 aliphatic carbocycles. The second-order valence-electron chi connectivity index (χ2n) is 6.15. The summed E-state index contributed by atoms with van der Waals surface area (Å²) in [5, 5.41) is 6.21. The number of anilines is 2. The molecule has 0 unspecified atom stereocenters. The number of halogens is 2. The molecule has 2 aromatic carbocycles. The number of nitrogens with two attached hydrogens (primary N) is 1. The highest BCUT2D eigenvalue weighted by atomic mass is 35.5. The van der Waals surface area contributed by atoms with Gasteiger partial charge in [-0.05, 0) is 49.5 Å². The fourth-order valence-corrected chi connectivity index (χ4v) is 2.63. The predicted octanol–water partition coefficient (Wildman–Crippen LogP) is 2.99. The maximum atomic E-state index is 12.1. The molecule has 0 saturated heterocycles. The number of nitrogens with one attached hydrogen (secondary N) is 2. The van der Waals surface area contributed by atoms with Gasteiger partial charge in [0.1, 0.15) is 0 Å². The highest BCUT2D eigenvalue weighted by Crippen LogP contribution is 2.24. The van der Waals surface area contributed by atoms with Crippen molar-refractivity contribution >= 4 is 52.3 Å². The van der Waals surface area contributed by atoms with Crippen LogP contribution in [0.3, 0.4) is 0 Å². The first kappa shape index (κ1) is 21.7. The van der Waals surface area contributed by atoms with Crippen molar-refractivity contribution in [3.8, 4) is 0 Å². The van der Waals surface area contributed by atoms with Gasteiger partial charge in [0.25, 0.3) is 0 Å². The van der Waals surface area contributed by atoms with Crippen LogP contribution in [0.25, 0.3) is 0 Å². The summed E-state index contributed by atoms with van der Waals surface area (Å²) in [6.07, 6.45) is 0.203. The first-order valence-electron chi connectivity index (χ1n) is 8.38. The molecule has 0 spiro atoms. The van der Waals surface area contributed by atoms with Crippen molar-refractivity contribution in [3.05, 3.63) is 58.1 Å². The lowest BCUT2D eigenvalue weighted by atomic mass is 10.2. The van der Waals surface area contributed by atoms with E-state index in [1.54, 1.807) is 42.3 Å². The third kappa shape index (κ3) is 6.84. The van der Waals surface area contributed by atoms with Gasteiger partial charge < -0.3 is 16.4 Å². The van der Waals surface area contributed by atoms with Crippen molar-refractivity contribution in [2.24, 2.45) is 5.73 Å². The second-order valence-corrected chi connectivity index (χ2v) is 6.97. The number of rotatable bonds is 8. The van der Waals surface area contributed by atoms with E-state index in [-0.39, 0.29) is 24.8 Å². The summed E-state index contributed by atoms with van der Waals surface area (Å²) in [5.74, 6) is -0.967. The molecule has 2 aromatic rings. The summed E-state index contributed by atoms with van der Waals surface area (Å²) in [4.78, 5) is 36.9. The van der Waals surface area contributed by atoms with Crippen molar-refractivity contribution in [3.63, 3.8) is 0 Å². The van der Waals surface area contributed by atoms with E-state index in [0.717, 1.165) is 0 Å². The van der Waals surface area contributed by atoms with Crippen LogP contribution in [0.1, 0.15) is 16.8 Å². The molecular weight excluding hydrogens is 403 g/mol. The Balaban J connectivity index is 1.75. The van der Waals surface area contributed by atoms with E-state index in [0.29, 0.717) is 33.5 Å². The average molecular weight is 423 g/mol. The summed E-state index contributed by atoms with van der Waals surface area (Å²) >= 11 is 11.8. The Morgan fingerprint density at radius 1 is 0.929 bits per heavy atom. The molecule has 0 atom stereocenters. The molecule has 0 heterocycles. The van der Waals surface area contributed by atoms with Gasteiger partial charge in [0, 0.05) is 29.9 Å². The first-order valence-corrected chi connectivity index (χ1v) is 9.13. The van der Waals surface area contributed by atoms with Crippen LogP contribution >= 0.6 is 23.2 Å². The lowest BCUT2D eigenvalue weighted by Gasteiger charge is -2.16. The van der Waals surface area contributed by atoms with Crippen LogP contribution in [0.15, 0.2) is 42.5 Å². The lowest BCUT2D eigenvalue weighted by molar-refractivity contribution is -0.119. The number of likely N-dealkylation sites (N-methyl/N-ethyl adjacent to an activating group) is 1. The van der Waals surface area contributed by atoms with Crippen LogP contribution < -0.4 is 16.4 Å². The van der Waals surface area contributed by atoms with Gasteiger partial charge in [-0.3, -0.25) is 19.3 Å². The van der Waals surface area contributed by atoms with Crippen molar-refractivity contribution in [1.29, 1.82) is 0 Å². The SMILES string of the molecule is CN(CCC(=O)Nc1ccc(C(N)=O)cc1)CC(=O)Nc1ccc(Cl)c(Cl)c1. The minimum Gasteiger partial charge on any atom is -0.366 e. The van der Waals surface area contributed by atoms with Crippen LogP contribution in [-0.2, 0) is 9.59 Å². The average Bonchev–Trinajstić information content (AvgIpc) is 2.63. The quantitative estimate of drug-likeness (QED) is 0.607. The number of nitrogens with zero attached hydrogens (tertiary/aromatic N) is 1. The number of carbonyl (C=O) groups excluding carboxylic acids is 3. The van der Waals surface area contributed by atoms with E-state index in [2.05, 4.69) is 10.6 Å². The Morgan fingerprint density at radius 2 is 1.54 bits per heavy atom. The Bertz CT molecular complexity index is 872. The molecule has 9 heteroatoms. The molecule has 3 amide bonds. The first-order chi connectivity index (χ1) is 13.2. The summed E-state index contributed by atoms with van der Waals surface area (Å²) in [6.45, 7) is 0.501. The number of carbonyl (C=O) groups is 3. The van der Waals surface area contributed by atoms with Gasteiger partial charge in [-0.25, -0.2) is 0 Å². The summed E-state index contributed by atoms with van der Waals surface area (Å²) in [5.41, 5.74) is 6.65. The third-order valence-electron chi connectivity index (χ3n) is 3.79. The highest BCUT2D eigenvalue weighted by molar-refractivity contribution is 6.42. The summed E-state index contributed by atoms with van der Waals surface area (Å²) in [7, 11) is 1.74. The molecule has 4 N–H and O–H groups in total. The maximum absolute atomic E-state index is 12.1. The van der Waals surface area contributed by atoms with Gasteiger partial charge >= 0.3 is 0 Å². The van der Waals surface area contributed by atoms with Crippen molar-refractivity contribution in [2.45, 2.75) is 6.42 Å². The van der Waals surface area contributed by atoms with Crippen LogP contribution in [0, 0.1) is 0 Å². The molecule has 0 aromatic heterocycles. The monoisotopic (exact) mass is 422 g/mol. The number of primary amides is 1. The topological polar surface area (TPSA) is 105 Å². The number of hydrogen-bond acceptors (Lipinski definition) is 4. The van der Waals surface area contributed by atoms with E-state index in [1.165, 1.54) is 12.1 Å². The van der Waals surface area contributed by atoms with E-state index >= 15 is 0 Å². The number of hydrogen-bond donors (Lipinski definition) is 3. The molecule has 0 bridgehead atoms. The zero-order valence-electron chi connectivity index (χ0n) is 15.2. The smallest absolute Gasteiger partial charge is 0.248 e. The standard InChI is InChI=1S/C19H20Cl2N4O3/c1-25(11-18(27)24-14-6-7-15(20)16(21)10-14)9-8-17(26)23-13-4-2-12(3-5-13)19(22)28/h2-7,10H,8-9,11H2,1H3,(H2,22,28)(H,23,26)(H,24,27). The molecular formula is C19H20Cl2N4O3. The van der Waals surface area contributed by atoms with Gasteiger partial charge in [-0.15, -0.1) is 0 Å². The molecule has 0 saturated carbocycles. The largest absolute Gasteiger partial charge is 0.366 e. The van der Waals surface area contributed by atoms with Gasteiger partial charge in [0.05, 0.1) is 16.6 Å². The number of amides is 3. The normalized spacial score (nSPS) is 10.6. The Morgan fingerprint density at radius 3 is 2.14 bits per heavy atom. The molecule has 0 aliphatic heterocycles. The molecule has 0 radical (unpaired) electrons. The zero-order chi connectivity index (χ0) is 20.7. The molecule has 7 nitrogen and oxygen atoms in total. The van der Waals surface area contributed by atoms with Crippen LogP contribution in [0.4, 0.5) is 11.4 Å². The Labute approximate surface area is 172 Å². The van der Waals surface area contributed by atoms with Gasteiger partial charge in [-0.2, -0.15) is 0 Å². The fraction of sp³-hybridized carbons (Fsp3) is 0.211. The predicted molar refractivity (Wildman–Crippen MR) is 111 cm³/mol. The van der Waals surface area contributed by atoms with Crippen LogP contribution in [0.2, 0.25) is 10.0 Å². The van der Waals surface area contributed by atoms with E-state index in [1.807, 2.05) is 0 Å². The van der Waals surface area contributed by atoms with Crippen molar-refractivity contribution in [1.82, 2.24) is 4.90 Å². The molecule has 0 aliphatic rings. The molecule has 0 fully saturated rings. The van der Waals surface area contributed by atoms with Crippen molar-refractivity contribution < 1.29 is 14.4 Å². The molecule has 148 valence electrons. The van der Waals surface area contributed by atoms with Crippen LogP contribution in [-0.4, -0.2) is 42.8 Å².